The van der Waals surface area contributed by atoms with Crippen molar-refractivity contribution >= 4 is 21.2 Å². The van der Waals surface area contributed by atoms with E-state index in [0.29, 0.717) is 5.56 Å². The monoisotopic (exact) mass is 300 g/mol. The summed E-state index contributed by atoms with van der Waals surface area (Å²) in [5.74, 6) is -0.0719. The van der Waals surface area contributed by atoms with Crippen LogP contribution >= 0.6 is 0 Å². The summed E-state index contributed by atoms with van der Waals surface area (Å²) in [6.07, 6.45) is 0.257. The highest BCUT2D eigenvalue weighted by Crippen LogP contribution is 2.18. The molecule has 0 heterocycles. The fraction of sp³-hybridized carbons (Fsp3) is 0.417. The Balaban J connectivity index is 3.23. The molecule has 1 aromatic rings. The van der Waals surface area contributed by atoms with Gasteiger partial charge in [-0.1, -0.05) is 19.0 Å². The van der Waals surface area contributed by atoms with E-state index in [4.69, 9.17) is 5.21 Å². The molecular formula is C12H16N2O5S. The molecule has 1 N–H and O–H groups in total. The highest BCUT2D eigenvalue weighted by Gasteiger charge is 2.29. The van der Waals surface area contributed by atoms with Crippen LogP contribution < -0.4 is 0 Å². The van der Waals surface area contributed by atoms with Crippen LogP contribution in [0.2, 0.25) is 0 Å². The number of nitro groups is 1. The molecular weight excluding hydrogens is 284 g/mol. The lowest BCUT2D eigenvalue weighted by molar-refractivity contribution is -0.384. The first kappa shape index (κ1) is 16.1. The van der Waals surface area contributed by atoms with Gasteiger partial charge in [0.15, 0.2) is 9.84 Å². The Bertz CT molecular complexity index is 607. The molecule has 0 bridgehead atoms. The Kier molecular flexibility index (Phi) is 5.20. The molecule has 7 nitrogen and oxygen atoms in total. The molecule has 0 amide bonds. The van der Waals surface area contributed by atoms with Gasteiger partial charge in [0, 0.05) is 23.4 Å². The van der Waals surface area contributed by atoms with Gasteiger partial charge in [0.1, 0.15) is 11.0 Å². The van der Waals surface area contributed by atoms with Crippen molar-refractivity contribution in [2.75, 3.05) is 5.75 Å². The van der Waals surface area contributed by atoms with Gasteiger partial charge >= 0.3 is 0 Å². The molecule has 1 unspecified atom stereocenters. The quantitative estimate of drug-likeness (QED) is 0.374. The molecule has 1 aromatic carbocycles. The number of nitro benzene ring substituents is 1. The summed E-state index contributed by atoms with van der Waals surface area (Å²) in [6, 6.07) is 5.24. The van der Waals surface area contributed by atoms with Crippen LogP contribution in [0.15, 0.2) is 29.4 Å². The number of hydrogen-bond acceptors (Lipinski definition) is 6. The Morgan fingerprint density at radius 3 is 2.25 bits per heavy atom. The van der Waals surface area contributed by atoms with Crippen molar-refractivity contribution in [3.8, 4) is 0 Å². The van der Waals surface area contributed by atoms with Crippen molar-refractivity contribution in [3.05, 3.63) is 39.9 Å². The summed E-state index contributed by atoms with van der Waals surface area (Å²) < 4.78 is 24.0. The van der Waals surface area contributed by atoms with Gasteiger partial charge in [-0.2, -0.15) is 0 Å². The molecule has 0 aliphatic rings. The Labute approximate surface area is 117 Å². The number of nitrogens with zero attached hydrogens (tertiary/aromatic N) is 2. The Hall–Kier alpha value is -1.96. The molecule has 0 fully saturated rings. The van der Waals surface area contributed by atoms with E-state index in [1.54, 1.807) is 6.92 Å². The molecule has 0 radical (unpaired) electrons. The first-order chi connectivity index (χ1) is 9.37. The van der Waals surface area contributed by atoms with Crippen molar-refractivity contribution in [2.45, 2.75) is 25.5 Å². The van der Waals surface area contributed by atoms with E-state index in [2.05, 4.69) is 5.16 Å². The number of non-ortho nitro benzene ring substituents is 1. The summed E-state index contributed by atoms with van der Waals surface area (Å²) in [4.78, 5) is 10.0. The minimum Gasteiger partial charge on any atom is -0.411 e. The number of oxime groups is 1. The third-order valence-electron chi connectivity index (χ3n) is 2.99. The Morgan fingerprint density at radius 2 is 1.90 bits per heavy atom. The second-order valence-electron chi connectivity index (χ2n) is 4.14. The smallest absolute Gasteiger partial charge is 0.269 e. The topological polar surface area (TPSA) is 110 Å². The molecule has 0 saturated carbocycles. The van der Waals surface area contributed by atoms with Crippen LogP contribution in [0.4, 0.5) is 5.69 Å². The molecule has 0 aliphatic carbocycles. The predicted molar refractivity (Wildman–Crippen MR) is 75.0 cm³/mol. The van der Waals surface area contributed by atoms with E-state index in [0.717, 1.165) is 0 Å². The molecule has 0 aliphatic heterocycles. The van der Waals surface area contributed by atoms with Crippen LogP contribution in [0.3, 0.4) is 0 Å². The van der Waals surface area contributed by atoms with Crippen molar-refractivity contribution < 1.29 is 18.5 Å². The predicted octanol–water partition coefficient (Wildman–Crippen LogP) is 1.99. The average molecular weight is 300 g/mol. The molecule has 8 heteroatoms. The SMILES string of the molecule is CCC(/C(=N/O)c1ccc([N+](=O)[O-])cc1)S(=O)(=O)CC. The number of benzene rings is 1. The normalized spacial score (nSPS) is 14.0. The highest BCUT2D eigenvalue weighted by atomic mass is 32.2. The van der Waals surface area contributed by atoms with Gasteiger partial charge in [-0.25, -0.2) is 8.42 Å². The molecule has 20 heavy (non-hydrogen) atoms. The zero-order chi connectivity index (χ0) is 15.3. The van der Waals surface area contributed by atoms with E-state index < -0.39 is 20.0 Å². The maximum atomic E-state index is 12.0. The van der Waals surface area contributed by atoms with E-state index >= 15 is 0 Å². The lowest BCUT2D eigenvalue weighted by Crippen LogP contribution is -2.31. The van der Waals surface area contributed by atoms with E-state index in [1.807, 2.05) is 0 Å². The lowest BCUT2D eigenvalue weighted by atomic mass is 10.1. The largest absolute Gasteiger partial charge is 0.411 e. The molecule has 0 spiro atoms. The summed E-state index contributed by atoms with van der Waals surface area (Å²) in [7, 11) is -3.42. The maximum absolute atomic E-state index is 12.0. The van der Waals surface area contributed by atoms with Gasteiger partial charge in [0.25, 0.3) is 5.69 Å². The maximum Gasteiger partial charge on any atom is 0.269 e. The van der Waals surface area contributed by atoms with Crippen molar-refractivity contribution in [3.63, 3.8) is 0 Å². The standard InChI is InChI=1S/C12H16N2O5S/c1-3-11(20(18,19)4-2)12(13-15)9-5-7-10(8-6-9)14(16)17/h5-8,11,15H,3-4H2,1-2H3/b13-12+. The van der Waals surface area contributed by atoms with Gasteiger partial charge in [-0.3, -0.25) is 10.1 Å². The molecule has 110 valence electrons. The highest BCUT2D eigenvalue weighted by molar-refractivity contribution is 7.92. The molecule has 1 rings (SSSR count). The lowest BCUT2D eigenvalue weighted by Gasteiger charge is -2.16. The van der Waals surface area contributed by atoms with Crippen LogP contribution in [-0.4, -0.2) is 35.3 Å². The molecule has 1 atom stereocenters. The zero-order valence-corrected chi connectivity index (χ0v) is 12.0. The minimum atomic E-state index is -3.42. The first-order valence-corrected chi connectivity index (χ1v) is 7.77. The van der Waals surface area contributed by atoms with Gasteiger partial charge in [-0.05, 0) is 18.6 Å². The van der Waals surface area contributed by atoms with Crippen LogP contribution in [-0.2, 0) is 9.84 Å². The minimum absolute atomic E-state index is 0.00393. The van der Waals surface area contributed by atoms with E-state index in [1.165, 1.54) is 31.2 Å². The molecule has 0 saturated heterocycles. The third kappa shape index (κ3) is 3.32. The number of hydrogen-bond donors (Lipinski definition) is 1. The zero-order valence-electron chi connectivity index (χ0n) is 11.2. The van der Waals surface area contributed by atoms with E-state index in [-0.39, 0.29) is 23.6 Å². The summed E-state index contributed by atoms with van der Waals surface area (Å²) in [5, 5.41) is 21.8. The van der Waals surface area contributed by atoms with Gasteiger partial charge in [0.05, 0.1) is 4.92 Å². The van der Waals surface area contributed by atoms with Crippen LogP contribution in [0, 0.1) is 10.1 Å². The van der Waals surface area contributed by atoms with Crippen LogP contribution in [0.1, 0.15) is 25.8 Å². The first-order valence-electron chi connectivity index (χ1n) is 6.05. The third-order valence-corrected chi connectivity index (χ3v) is 5.22. The summed E-state index contributed by atoms with van der Waals surface area (Å²) in [6.45, 7) is 3.19. The molecule has 0 aromatic heterocycles. The Morgan fingerprint density at radius 1 is 1.35 bits per heavy atom. The van der Waals surface area contributed by atoms with Gasteiger partial charge < -0.3 is 5.21 Å². The number of rotatable bonds is 6. The number of sulfone groups is 1. The van der Waals surface area contributed by atoms with Crippen molar-refractivity contribution in [1.82, 2.24) is 0 Å². The van der Waals surface area contributed by atoms with Gasteiger partial charge in [-0.15, -0.1) is 0 Å². The summed E-state index contributed by atoms with van der Waals surface area (Å²) in [5.41, 5.74) is 0.239. The van der Waals surface area contributed by atoms with E-state index in [9.17, 15) is 18.5 Å². The summed E-state index contributed by atoms with van der Waals surface area (Å²) >= 11 is 0. The van der Waals surface area contributed by atoms with Crippen molar-refractivity contribution in [2.24, 2.45) is 5.16 Å². The second-order valence-corrected chi connectivity index (χ2v) is 6.61. The van der Waals surface area contributed by atoms with Crippen molar-refractivity contribution in [1.29, 1.82) is 0 Å². The fourth-order valence-corrected chi connectivity index (χ4v) is 3.31. The average Bonchev–Trinajstić information content (AvgIpc) is 2.44. The van der Waals surface area contributed by atoms with Crippen LogP contribution in [0.25, 0.3) is 0 Å². The van der Waals surface area contributed by atoms with Gasteiger partial charge in [0.2, 0.25) is 0 Å². The fourth-order valence-electron chi connectivity index (χ4n) is 1.88. The van der Waals surface area contributed by atoms with Crippen LogP contribution in [0.5, 0.6) is 0 Å². The second kappa shape index (κ2) is 6.47.